The number of fused-ring (bicyclic) bond motifs is 3. The van der Waals surface area contributed by atoms with Crippen LogP contribution in [0.3, 0.4) is 0 Å². The molecule has 2 aromatic carbocycles. The molecule has 0 fully saturated rings. The second kappa shape index (κ2) is 9.61. The molecular weight excluding hydrogens is 538 g/mol. The summed E-state index contributed by atoms with van der Waals surface area (Å²) in [6.45, 7) is 13.9. The van der Waals surface area contributed by atoms with Crippen LogP contribution in [0.15, 0.2) is 65.5 Å². The molecule has 0 bridgehead atoms. The molecule has 1 atom stereocenters. The Labute approximate surface area is 231 Å². The van der Waals surface area contributed by atoms with Gasteiger partial charge in [0.25, 0.3) is 0 Å². The molecule has 0 saturated carbocycles. The molecule has 0 saturated heterocycles. The van der Waals surface area contributed by atoms with Crippen molar-refractivity contribution >= 4 is 11.1 Å². The first-order valence-electron chi connectivity index (χ1n) is 11.5. The van der Waals surface area contributed by atoms with E-state index in [1.165, 1.54) is 55.7 Å². The zero-order valence-corrected chi connectivity index (χ0v) is 24.7. The number of halogens is 2. The van der Waals surface area contributed by atoms with Crippen molar-refractivity contribution in [3.8, 4) is 11.1 Å². The van der Waals surface area contributed by atoms with Gasteiger partial charge in [-0.3, -0.25) is 0 Å². The van der Waals surface area contributed by atoms with E-state index >= 15 is 0 Å². The quantitative estimate of drug-likeness (QED) is 0.462. The van der Waals surface area contributed by atoms with Crippen LogP contribution < -0.4 is 24.8 Å². The van der Waals surface area contributed by atoms with Crippen LogP contribution in [0.4, 0.5) is 0 Å². The molecule has 175 valence electrons. The van der Waals surface area contributed by atoms with Crippen LogP contribution in [0, 0.1) is 0 Å². The van der Waals surface area contributed by atoms with Crippen LogP contribution in [-0.2, 0) is 35.5 Å². The average molecular weight is 570 g/mol. The van der Waals surface area contributed by atoms with E-state index in [0.29, 0.717) is 3.63 Å². The van der Waals surface area contributed by atoms with Crippen LogP contribution in [0.5, 0.6) is 0 Å². The van der Waals surface area contributed by atoms with E-state index in [-0.39, 0.29) is 35.6 Å². The third-order valence-corrected chi connectivity index (χ3v) is 8.42. The van der Waals surface area contributed by atoms with E-state index in [0.717, 1.165) is 6.42 Å². The summed E-state index contributed by atoms with van der Waals surface area (Å²) in [6.07, 6.45) is 9.20. The fourth-order valence-corrected chi connectivity index (χ4v) is 6.36. The molecule has 0 amide bonds. The third-order valence-electron chi connectivity index (χ3n) is 6.94. The van der Waals surface area contributed by atoms with Crippen LogP contribution in [-0.4, -0.2) is 0 Å². The van der Waals surface area contributed by atoms with Crippen molar-refractivity contribution in [2.24, 2.45) is 0 Å². The van der Waals surface area contributed by atoms with Gasteiger partial charge in [0.2, 0.25) is 0 Å². The van der Waals surface area contributed by atoms with E-state index < -0.39 is 0 Å². The molecule has 5 rings (SSSR count). The van der Waals surface area contributed by atoms with Gasteiger partial charge in [-0.05, 0) is 0 Å². The van der Waals surface area contributed by atoms with E-state index in [2.05, 4.69) is 90.1 Å². The SMILES string of the molecule is CC(C)(C)c1ccc2c(c1)-c1cc(C(C)(C)C)cc(C3=C(c4ccoc4)C=CC3)c1[CH]2[Zr+2].[Cl-].[Cl-]. The number of hydrogen-bond acceptors (Lipinski definition) is 1. The molecule has 1 aromatic heterocycles. The maximum atomic E-state index is 5.43. The topological polar surface area (TPSA) is 13.1 Å². The molecule has 0 N–H and O–H groups in total. The summed E-state index contributed by atoms with van der Waals surface area (Å²) < 4.78 is 5.91. The van der Waals surface area contributed by atoms with Crippen LogP contribution >= 0.6 is 0 Å². The van der Waals surface area contributed by atoms with Crippen molar-refractivity contribution in [1.29, 1.82) is 0 Å². The van der Waals surface area contributed by atoms with E-state index in [9.17, 15) is 0 Å². The first-order valence-corrected chi connectivity index (χ1v) is 12.9. The maximum absolute atomic E-state index is 5.43. The Morgan fingerprint density at radius 3 is 2.09 bits per heavy atom. The average Bonchev–Trinajstić information content (AvgIpc) is 3.45. The number of allylic oxidation sites excluding steroid dienone is 4. The zero-order chi connectivity index (χ0) is 22.8. The molecule has 0 aliphatic heterocycles. The number of hydrogen-bond donors (Lipinski definition) is 0. The molecule has 34 heavy (non-hydrogen) atoms. The largest absolute Gasteiger partial charge is 1.00 e. The Kier molecular flexibility index (Phi) is 7.70. The van der Waals surface area contributed by atoms with E-state index in [1.807, 2.05) is 6.26 Å². The summed E-state index contributed by atoms with van der Waals surface area (Å²) in [7, 11) is 0. The van der Waals surface area contributed by atoms with Gasteiger partial charge in [0, 0.05) is 0 Å². The molecule has 0 spiro atoms. The van der Waals surface area contributed by atoms with Crippen LogP contribution in [0.1, 0.15) is 85.0 Å². The Hall–Kier alpha value is -1.34. The van der Waals surface area contributed by atoms with Gasteiger partial charge in [0.15, 0.2) is 0 Å². The van der Waals surface area contributed by atoms with Crippen molar-refractivity contribution in [2.45, 2.75) is 62.4 Å². The molecule has 4 heteroatoms. The minimum absolute atomic E-state index is 0. The van der Waals surface area contributed by atoms with Gasteiger partial charge in [0.05, 0.1) is 0 Å². The molecule has 0 radical (unpaired) electrons. The normalized spacial score (nSPS) is 16.8. The molecule has 1 heterocycles. The van der Waals surface area contributed by atoms with Gasteiger partial charge in [0.1, 0.15) is 0 Å². The summed E-state index contributed by atoms with van der Waals surface area (Å²) >= 11 is 1.55. The van der Waals surface area contributed by atoms with Crippen molar-refractivity contribution < 1.29 is 54.0 Å². The number of furan rings is 1. The Balaban J connectivity index is 0.00000162. The Morgan fingerprint density at radius 1 is 0.824 bits per heavy atom. The Bertz CT molecular complexity index is 1270. The minimum Gasteiger partial charge on any atom is -1.00 e. The Morgan fingerprint density at radius 2 is 1.47 bits per heavy atom. The van der Waals surface area contributed by atoms with Gasteiger partial charge < -0.3 is 24.8 Å². The predicted molar refractivity (Wildman–Crippen MR) is 130 cm³/mol. The van der Waals surface area contributed by atoms with Gasteiger partial charge in [-0.2, -0.15) is 0 Å². The van der Waals surface area contributed by atoms with Crippen molar-refractivity contribution in [3.05, 3.63) is 94.5 Å². The zero-order valence-electron chi connectivity index (χ0n) is 20.7. The van der Waals surface area contributed by atoms with Crippen LogP contribution in [0.2, 0.25) is 0 Å². The van der Waals surface area contributed by atoms with Crippen molar-refractivity contribution in [3.63, 3.8) is 0 Å². The first kappa shape index (κ1) is 27.3. The number of benzene rings is 2. The molecule has 2 aliphatic rings. The smallest absolute Gasteiger partial charge is 1.00 e. The van der Waals surface area contributed by atoms with Crippen LogP contribution in [0.25, 0.3) is 22.3 Å². The molecule has 3 aromatic rings. The number of rotatable bonds is 2. The van der Waals surface area contributed by atoms with Gasteiger partial charge in [-0.25, -0.2) is 0 Å². The minimum atomic E-state index is 0. The van der Waals surface area contributed by atoms with E-state index in [4.69, 9.17) is 4.42 Å². The third kappa shape index (κ3) is 4.59. The first-order chi connectivity index (χ1) is 15.1. The maximum Gasteiger partial charge on any atom is -1.00 e. The van der Waals surface area contributed by atoms with Gasteiger partial charge in [-0.15, -0.1) is 0 Å². The second-order valence-corrected chi connectivity index (χ2v) is 12.6. The molecule has 1 unspecified atom stereocenters. The molecule has 2 aliphatic carbocycles. The summed E-state index contributed by atoms with van der Waals surface area (Å²) in [5.74, 6) is 0. The summed E-state index contributed by atoms with van der Waals surface area (Å²) in [4.78, 5) is 0. The van der Waals surface area contributed by atoms with Crippen molar-refractivity contribution in [1.82, 2.24) is 0 Å². The molecule has 1 nitrogen and oxygen atoms in total. The van der Waals surface area contributed by atoms with Crippen molar-refractivity contribution in [2.75, 3.05) is 0 Å². The summed E-state index contributed by atoms with van der Waals surface area (Å²) in [6, 6.07) is 14.3. The van der Waals surface area contributed by atoms with E-state index in [1.54, 1.807) is 31.0 Å². The fourth-order valence-electron chi connectivity index (χ4n) is 4.98. The standard InChI is InChI=1S/C30H31O.2ClH.Zr/c1-29(2,3)21-11-10-19-14-26-27(24-9-7-8-23(24)20-12-13-31-18-20)16-22(30(4,5)6)17-28(26)25(19)15-21;;;/h7-8,10-18H,9H2,1-6H3;2*1H;/q;;;+2/p-2. The van der Waals surface area contributed by atoms with Gasteiger partial charge in [-0.1, -0.05) is 0 Å². The summed E-state index contributed by atoms with van der Waals surface area (Å²) in [5, 5.41) is 0. The summed E-state index contributed by atoms with van der Waals surface area (Å²) in [5.41, 5.74) is 14.3. The fraction of sp³-hybridized carbons (Fsp3) is 0.333. The predicted octanol–water partition coefficient (Wildman–Crippen LogP) is 2.37. The van der Waals surface area contributed by atoms with Gasteiger partial charge >= 0.3 is 208 Å². The second-order valence-electron chi connectivity index (χ2n) is 11.2. The molecular formula is C30H31Cl2OZr. The monoisotopic (exact) mass is 567 g/mol.